The molecule has 1 heterocycles. The quantitative estimate of drug-likeness (QED) is 0.624. The second kappa shape index (κ2) is 7.65. The van der Waals surface area contributed by atoms with Gasteiger partial charge in [0, 0.05) is 30.9 Å². The second-order valence-electron chi connectivity index (χ2n) is 6.90. The molecule has 1 aliphatic heterocycles. The maximum Gasteiger partial charge on any atom is 0.264 e. The van der Waals surface area contributed by atoms with Crippen LogP contribution in [0.5, 0.6) is 0 Å². The van der Waals surface area contributed by atoms with Crippen LogP contribution in [0.2, 0.25) is 0 Å². The van der Waals surface area contributed by atoms with Crippen LogP contribution in [0, 0.1) is 5.41 Å². The number of benzene rings is 1. The van der Waals surface area contributed by atoms with Gasteiger partial charge in [-0.1, -0.05) is 19.3 Å². The fraction of sp³-hybridized carbons (Fsp3) is 0.556. The van der Waals surface area contributed by atoms with E-state index in [9.17, 15) is 8.42 Å². The number of hydrogen-bond acceptors (Lipinski definition) is 5. The number of nitrogens with zero attached hydrogens (tertiary/aromatic N) is 3. The highest BCUT2D eigenvalue weighted by Gasteiger charge is 2.38. The Balaban J connectivity index is 1.76. The lowest BCUT2D eigenvalue weighted by atomic mass is 9.75. The molecule has 26 heavy (non-hydrogen) atoms. The molecule has 8 heteroatoms. The molecule has 1 aromatic carbocycles. The molecule has 1 aliphatic carbocycles. The number of guanidine groups is 1. The monoisotopic (exact) mass is 377 g/mol. The summed E-state index contributed by atoms with van der Waals surface area (Å²) in [6.07, 6.45) is 7.86. The summed E-state index contributed by atoms with van der Waals surface area (Å²) in [7, 11) is -1.92. The molecule has 1 saturated carbocycles. The van der Waals surface area contributed by atoms with E-state index >= 15 is 0 Å². The molecule has 0 bridgehead atoms. The van der Waals surface area contributed by atoms with Gasteiger partial charge in [0.05, 0.1) is 11.4 Å². The van der Waals surface area contributed by atoms with Crippen LogP contribution in [0.1, 0.15) is 39.0 Å². The number of hydrogen-bond donors (Lipinski definition) is 2. The Kier molecular flexibility index (Phi) is 5.50. The average Bonchev–Trinajstić information content (AvgIpc) is 3.05. The third-order valence-electron chi connectivity index (χ3n) is 5.02. The maximum absolute atomic E-state index is 12.8. The van der Waals surface area contributed by atoms with Crippen molar-refractivity contribution in [3.8, 4) is 0 Å². The van der Waals surface area contributed by atoms with Crippen LogP contribution in [-0.4, -0.2) is 45.7 Å². The molecule has 1 fully saturated rings. The summed E-state index contributed by atoms with van der Waals surface area (Å²) in [6, 6.07) is 6.62. The number of aliphatic imine (C=N–C) groups is 1. The van der Waals surface area contributed by atoms with Gasteiger partial charge in [0.1, 0.15) is 0 Å². The molecule has 0 radical (unpaired) electrons. The average molecular weight is 378 g/mol. The minimum absolute atomic E-state index is 0.0621. The van der Waals surface area contributed by atoms with Crippen molar-refractivity contribution in [2.24, 2.45) is 15.5 Å². The van der Waals surface area contributed by atoms with E-state index in [2.05, 4.69) is 20.1 Å². The molecule has 1 aromatic rings. The Hall–Kier alpha value is -2.09. The summed E-state index contributed by atoms with van der Waals surface area (Å²) in [5.74, 6) is 0.295. The molecule has 0 atom stereocenters. The molecule has 0 unspecified atom stereocenters. The van der Waals surface area contributed by atoms with Gasteiger partial charge in [-0.3, -0.25) is 4.99 Å². The molecule has 0 amide bonds. The molecule has 0 aromatic heterocycles. The van der Waals surface area contributed by atoms with Crippen molar-refractivity contribution in [3.63, 3.8) is 0 Å². The summed E-state index contributed by atoms with van der Waals surface area (Å²) >= 11 is 0. The van der Waals surface area contributed by atoms with Gasteiger partial charge in [0.15, 0.2) is 0 Å². The summed E-state index contributed by atoms with van der Waals surface area (Å²) in [5, 5.41) is 9.16. The minimum atomic E-state index is -3.71. The number of sulfonamides is 1. The van der Waals surface area contributed by atoms with Gasteiger partial charge in [-0.2, -0.15) is 5.10 Å². The Bertz CT molecular complexity index is 780. The molecular formula is C18H27N5O2S. The van der Waals surface area contributed by atoms with Crippen molar-refractivity contribution in [2.75, 3.05) is 25.5 Å². The fourth-order valence-electron chi connectivity index (χ4n) is 3.54. The highest BCUT2D eigenvalue weighted by molar-refractivity contribution is 7.90. The van der Waals surface area contributed by atoms with E-state index in [0.29, 0.717) is 19.0 Å². The number of hydrazone groups is 1. The number of nitrogens with one attached hydrogen (secondary N) is 2. The Morgan fingerprint density at radius 1 is 1.23 bits per heavy atom. The van der Waals surface area contributed by atoms with Gasteiger partial charge >= 0.3 is 0 Å². The standard InChI is InChI=1S/C18H27N5O2S/c1-3-20-17(23-14-18(13-21-23)11-5-4-6-12-18)22-26(24,25)16-9-7-15(19-2)8-10-16/h7-10,13,19H,3-6,11-12,14H2,1-2H3,(H,20,22). The molecule has 3 rings (SSSR count). The van der Waals surface area contributed by atoms with Gasteiger partial charge in [0.2, 0.25) is 5.96 Å². The Morgan fingerprint density at radius 2 is 1.92 bits per heavy atom. The number of anilines is 1. The van der Waals surface area contributed by atoms with Gasteiger partial charge < -0.3 is 5.32 Å². The Labute approximate surface area is 155 Å². The minimum Gasteiger partial charge on any atom is -0.388 e. The SMILES string of the molecule is CCN=C(NS(=O)(=O)c1ccc(NC)cc1)N1CC2(C=N1)CCCCC2. The van der Waals surface area contributed by atoms with Crippen LogP contribution in [0.4, 0.5) is 5.69 Å². The molecule has 2 aliphatic rings. The van der Waals surface area contributed by atoms with Crippen molar-refractivity contribution in [2.45, 2.75) is 43.9 Å². The van der Waals surface area contributed by atoms with Crippen LogP contribution >= 0.6 is 0 Å². The van der Waals surface area contributed by atoms with Gasteiger partial charge in [-0.05, 0) is 44.0 Å². The van der Waals surface area contributed by atoms with Gasteiger partial charge in [-0.25, -0.2) is 18.1 Å². The van der Waals surface area contributed by atoms with Gasteiger partial charge in [0.25, 0.3) is 10.0 Å². The van der Waals surface area contributed by atoms with Crippen LogP contribution in [0.15, 0.2) is 39.3 Å². The normalized spacial score (nSPS) is 19.8. The van der Waals surface area contributed by atoms with Crippen LogP contribution in [0.3, 0.4) is 0 Å². The first-order valence-electron chi connectivity index (χ1n) is 9.16. The van der Waals surface area contributed by atoms with E-state index in [4.69, 9.17) is 0 Å². The summed E-state index contributed by atoms with van der Waals surface area (Å²) in [4.78, 5) is 4.56. The van der Waals surface area contributed by atoms with Crippen molar-refractivity contribution in [1.82, 2.24) is 9.73 Å². The predicted molar refractivity (Wildman–Crippen MR) is 105 cm³/mol. The lowest BCUT2D eigenvalue weighted by Crippen LogP contribution is -2.43. The van der Waals surface area contributed by atoms with E-state index in [1.54, 1.807) is 36.3 Å². The van der Waals surface area contributed by atoms with E-state index in [-0.39, 0.29) is 10.3 Å². The lowest BCUT2D eigenvalue weighted by Gasteiger charge is -2.31. The summed E-state index contributed by atoms with van der Waals surface area (Å²) in [5.41, 5.74) is 0.918. The molecule has 1 spiro atoms. The van der Waals surface area contributed by atoms with Crippen LogP contribution in [-0.2, 0) is 10.0 Å². The third-order valence-corrected chi connectivity index (χ3v) is 6.36. The van der Waals surface area contributed by atoms with Crippen molar-refractivity contribution >= 4 is 27.9 Å². The summed E-state index contributed by atoms with van der Waals surface area (Å²) in [6.45, 7) is 3.05. The topological polar surface area (TPSA) is 86.2 Å². The molecule has 7 nitrogen and oxygen atoms in total. The third kappa shape index (κ3) is 4.00. The van der Waals surface area contributed by atoms with Crippen LogP contribution in [0.25, 0.3) is 0 Å². The molecule has 0 saturated heterocycles. The van der Waals surface area contributed by atoms with Crippen molar-refractivity contribution < 1.29 is 8.42 Å². The molecule has 2 N–H and O–H groups in total. The first kappa shape index (κ1) is 18.7. The van der Waals surface area contributed by atoms with Gasteiger partial charge in [-0.15, -0.1) is 0 Å². The van der Waals surface area contributed by atoms with Crippen LogP contribution < -0.4 is 10.0 Å². The molecular weight excluding hydrogens is 350 g/mol. The molecule has 142 valence electrons. The highest BCUT2D eigenvalue weighted by Crippen LogP contribution is 2.38. The Morgan fingerprint density at radius 3 is 2.54 bits per heavy atom. The van der Waals surface area contributed by atoms with Crippen molar-refractivity contribution in [1.29, 1.82) is 0 Å². The lowest BCUT2D eigenvalue weighted by molar-refractivity contribution is 0.253. The van der Waals surface area contributed by atoms with E-state index in [1.807, 2.05) is 13.1 Å². The first-order chi connectivity index (χ1) is 12.5. The zero-order valence-corrected chi connectivity index (χ0v) is 16.2. The predicted octanol–water partition coefficient (Wildman–Crippen LogP) is 2.63. The smallest absolute Gasteiger partial charge is 0.264 e. The summed E-state index contributed by atoms with van der Waals surface area (Å²) < 4.78 is 28.1. The van der Waals surface area contributed by atoms with Crippen molar-refractivity contribution in [3.05, 3.63) is 24.3 Å². The fourth-order valence-corrected chi connectivity index (χ4v) is 4.56. The van der Waals surface area contributed by atoms with E-state index in [1.165, 1.54) is 19.3 Å². The first-order valence-corrected chi connectivity index (χ1v) is 10.6. The van der Waals surface area contributed by atoms with E-state index in [0.717, 1.165) is 18.5 Å². The largest absolute Gasteiger partial charge is 0.388 e. The zero-order valence-electron chi connectivity index (χ0n) is 15.4. The zero-order chi connectivity index (χ0) is 18.6. The number of rotatable bonds is 4. The second-order valence-corrected chi connectivity index (χ2v) is 8.59. The highest BCUT2D eigenvalue weighted by atomic mass is 32.2. The maximum atomic E-state index is 12.8. The van der Waals surface area contributed by atoms with E-state index < -0.39 is 10.0 Å².